The Bertz CT molecular complexity index is 59.4. The van der Waals surface area contributed by atoms with E-state index in [1.807, 2.05) is 0 Å². The molecule has 0 aromatic carbocycles. The number of nitrogens with one attached hydrogen (secondary N) is 1. The minimum Gasteiger partial charge on any atom is -0.307 e. The quantitative estimate of drug-likeness (QED) is 0.499. The van der Waals surface area contributed by atoms with E-state index in [0.717, 1.165) is 6.54 Å². The first-order valence-corrected chi connectivity index (χ1v) is 4.05. The fourth-order valence-corrected chi connectivity index (χ4v) is 1.60. The molecule has 1 rings (SSSR count). The molecule has 1 heterocycles. The summed E-state index contributed by atoms with van der Waals surface area (Å²) in [5.74, 6) is 1.22. The molecule has 3 N–H and O–H groups in total. The number of hydrogen-bond donors (Lipinski definition) is 2. The van der Waals surface area contributed by atoms with Crippen molar-refractivity contribution in [2.75, 3.05) is 12.3 Å². The molecule has 1 aliphatic heterocycles. The largest absolute Gasteiger partial charge is 0.307 e. The Morgan fingerprint density at radius 3 is 3.25 bits per heavy atom. The van der Waals surface area contributed by atoms with Crippen molar-refractivity contribution < 1.29 is 0 Å². The van der Waals surface area contributed by atoms with Gasteiger partial charge < -0.3 is 5.73 Å². The van der Waals surface area contributed by atoms with Gasteiger partial charge in [-0.1, -0.05) is 0 Å². The third kappa shape index (κ3) is 2.03. The molecular weight excluding hydrogens is 120 g/mol. The van der Waals surface area contributed by atoms with Crippen molar-refractivity contribution in [1.82, 2.24) is 5.32 Å². The van der Waals surface area contributed by atoms with Gasteiger partial charge in [0.2, 0.25) is 0 Å². The molecule has 48 valence electrons. The Balaban J connectivity index is 2.17. The van der Waals surface area contributed by atoms with E-state index in [2.05, 4.69) is 5.32 Å². The lowest BCUT2D eigenvalue weighted by molar-refractivity contribution is 0.645. The molecule has 1 saturated heterocycles. The highest BCUT2D eigenvalue weighted by Crippen LogP contribution is 2.09. The maximum atomic E-state index is 5.59. The van der Waals surface area contributed by atoms with Crippen LogP contribution >= 0.6 is 11.8 Å². The second-order valence-corrected chi connectivity index (χ2v) is 3.20. The fraction of sp³-hybridized carbons (Fsp3) is 1.00. The van der Waals surface area contributed by atoms with Crippen LogP contribution in [0.15, 0.2) is 0 Å². The molecule has 1 fully saturated rings. The second kappa shape index (κ2) is 3.33. The van der Waals surface area contributed by atoms with Gasteiger partial charge in [-0.15, -0.1) is 11.8 Å². The number of hydrogen-bond acceptors (Lipinski definition) is 3. The Labute approximate surface area is 54.2 Å². The van der Waals surface area contributed by atoms with Gasteiger partial charge in [0.05, 0.1) is 0 Å². The van der Waals surface area contributed by atoms with E-state index in [1.165, 1.54) is 18.6 Å². The summed E-state index contributed by atoms with van der Waals surface area (Å²) in [6.45, 7) is 1.09. The molecule has 2 nitrogen and oxygen atoms in total. The van der Waals surface area contributed by atoms with Gasteiger partial charge >= 0.3 is 0 Å². The van der Waals surface area contributed by atoms with Crippen LogP contribution in [0, 0.1) is 0 Å². The Morgan fingerprint density at radius 2 is 2.38 bits per heavy atom. The number of rotatable bonds is 0. The second-order valence-electron chi connectivity index (χ2n) is 1.95. The van der Waals surface area contributed by atoms with Crippen molar-refractivity contribution in [2.45, 2.75) is 18.3 Å². The van der Waals surface area contributed by atoms with Crippen LogP contribution in [0.25, 0.3) is 0 Å². The van der Waals surface area contributed by atoms with Gasteiger partial charge in [0, 0.05) is 0 Å². The smallest absolute Gasteiger partial charge is 0.103 e. The summed E-state index contributed by atoms with van der Waals surface area (Å²) in [7, 11) is 0. The standard InChI is InChI=1S/C5H12N2S/c6-5-7-3-1-2-4-8-5/h5,7H,1-4,6H2. The summed E-state index contributed by atoms with van der Waals surface area (Å²) in [6.07, 6.45) is 2.59. The van der Waals surface area contributed by atoms with Gasteiger partial charge in [-0.25, -0.2) is 0 Å². The third-order valence-corrected chi connectivity index (χ3v) is 2.26. The summed E-state index contributed by atoms with van der Waals surface area (Å²) in [4.78, 5) is 0. The zero-order valence-electron chi connectivity index (χ0n) is 4.89. The fourth-order valence-electron chi connectivity index (χ4n) is 0.741. The molecule has 8 heavy (non-hydrogen) atoms. The van der Waals surface area contributed by atoms with E-state index in [1.54, 1.807) is 11.8 Å². The lowest BCUT2D eigenvalue weighted by Crippen LogP contribution is -2.33. The van der Waals surface area contributed by atoms with Crippen LogP contribution in [0.5, 0.6) is 0 Å². The van der Waals surface area contributed by atoms with E-state index in [0.29, 0.717) is 0 Å². The predicted molar refractivity (Wildman–Crippen MR) is 37.7 cm³/mol. The van der Waals surface area contributed by atoms with Crippen molar-refractivity contribution in [3.63, 3.8) is 0 Å². The molecule has 0 spiro atoms. The minimum absolute atomic E-state index is 0.192. The average Bonchev–Trinajstić information content (AvgIpc) is 1.94. The molecule has 3 heteroatoms. The molecular formula is C5H12N2S. The highest BCUT2D eigenvalue weighted by molar-refractivity contribution is 7.99. The van der Waals surface area contributed by atoms with Gasteiger partial charge in [0.15, 0.2) is 0 Å². The Morgan fingerprint density at radius 1 is 1.50 bits per heavy atom. The monoisotopic (exact) mass is 132 g/mol. The van der Waals surface area contributed by atoms with E-state index >= 15 is 0 Å². The zero-order chi connectivity index (χ0) is 5.82. The van der Waals surface area contributed by atoms with Crippen LogP contribution < -0.4 is 11.1 Å². The molecule has 0 radical (unpaired) electrons. The van der Waals surface area contributed by atoms with E-state index in [9.17, 15) is 0 Å². The van der Waals surface area contributed by atoms with Gasteiger partial charge in [-0.2, -0.15) is 0 Å². The highest BCUT2D eigenvalue weighted by Gasteiger charge is 2.04. The summed E-state index contributed by atoms with van der Waals surface area (Å²) >= 11 is 1.81. The SMILES string of the molecule is NC1NCCCCS1. The predicted octanol–water partition coefficient (Wildman–Crippen LogP) is 0.345. The van der Waals surface area contributed by atoms with Crippen LogP contribution in [0.2, 0.25) is 0 Å². The minimum atomic E-state index is 0.192. The first-order chi connectivity index (χ1) is 3.89. The molecule has 0 bridgehead atoms. The molecule has 0 saturated carbocycles. The Hall–Kier alpha value is 0.270. The average molecular weight is 132 g/mol. The summed E-state index contributed by atoms with van der Waals surface area (Å²) < 4.78 is 0. The van der Waals surface area contributed by atoms with E-state index < -0.39 is 0 Å². The summed E-state index contributed by atoms with van der Waals surface area (Å²) in [5, 5.41) is 3.19. The van der Waals surface area contributed by atoms with Gasteiger partial charge in [0.25, 0.3) is 0 Å². The van der Waals surface area contributed by atoms with E-state index in [4.69, 9.17) is 5.73 Å². The van der Waals surface area contributed by atoms with Crippen LogP contribution in [-0.4, -0.2) is 17.8 Å². The van der Waals surface area contributed by atoms with Crippen molar-refractivity contribution in [3.8, 4) is 0 Å². The highest BCUT2D eigenvalue weighted by atomic mass is 32.2. The van der Waals surface area contributed by atoms with Gasteiger partial charge in [0.1, 0.15) is 5.50 Å². The Kier molecular flexibility index (Phi) is 2.66. The lowest BCUT2D eigenvalue weighted by Gasteiger charge is -2.06. The van der Waals surface area contributed by atoms with E-state index in [-0.39, 0.29) is 5.50 Å². The van der Waals surface area contributed by atoms with Crippen LogP contribution in [0.3, 0.4) is 0 Å². The maximum absolute atomic E-state index is 5.59. The van der Waals surface area contributed by atoms with Gasteiger partial charge in [-0.3, -0.25) is 5.32 Å². The molecule has 1 unspecified atom stereocenters. The lowest BCUT2D eigenvalue weighted by atomic mass is 10.3. The molecule has 1 atom stereocenters. The number of thioether (sulfide) groups is 1. The van der Waals surface area contributed by atoms with Crippen molar-refractivity contribution in [3.05, 3.63) is 0 Å². The normalized spacial score (nSPS) is 31.9. The first-order valence-electron chi connectivity index (χ1n) is 3.00. The first kappa shape index (κ1) is 6.39. The van der Waals surface area contributed by atoms with Crippen LogP contribution in [-0.2, 0) is 0 Å². The maximum Gasteiger partial charge on any atom is 0.103 e. The van der Waals surface area contributed by atoms with Crippen molar-refractivity contribution in [1.29, 1.82) is 0 Å². The third-order valence-electron chi connectivity index (χ3n) is 1.21. The number of nitrogens with two attached hydrogens (primary N) is 1. The molecule has 1 aliphatic rings. The summed E-state index contributed by atoms with van der Waals surface area (Å²) in [5.41, 5.74) is 5.78. The van der Waals surface area contributed by atoms with Crippen molar-refractivity contribution in [2.24, 2.45) is 5.73 Å². The van der Waals surface area contributed by atoms with Crippen molar-refractivity contribution >= 4 is 11.8 Å². The molecule has 0 aromatic heterocycles. The zero-order valence-corrected chi connectivity index (χ0v) is 5.71. The summed E-state index contributed by atoms with van der Waals surface area (Å²) in [6, 6.07) is 0. The topological polar surface area (TPSA) is 38.0 Å². The van der Waals surface area contributed by atoms with Crippen LogP contribution in [0.4, 0.5) is 0 Å². The molecule has 0 amide bonds. The van der Waals surface area contributed by atoms with Crippen LogP contribution in [0.1, 0.15) is 12.8 Å². The van der Waals surface area contributed by atoms with Gasteiger partial charge in [-0.05, 0) is 25.1 Å². The molecule has 0 aromatic rings. The molecule has 0 aliphatic carbocycles.